The second-order valence-corrected chi connectivity index (χ2v) is 7.36. The van der Waals surface area contributed by atoms with Crippen LogP contribution in [0, 0.1) is 13.8 Å². The van der Waals surface area contributed by atoms with E-state index in [0.29, 0.717) is 6.61 Å². The lowest BCUT2D eigenvalue weighted by molar-refractivity contribution is -0.147. The van der Waals surface area contributed by atoms with Gasteiger partial charge in [-0.25, -0.2) is 0 Å². The second kappa shape index (κ2) is 7.87. The van der Waals surface area contributed by atoms with Crippen molar-refractivity contribution in [3.05, 3.63) is 17.0 Å². The molecule has 3 heterocycles. The van der Waals surface area contributed by atoms with Crippen molar-refractivity contribution in [3.8, 4) is 0 Å². The van der Waals surface area contributed by atoms with Gasteiger partial charge < -0.3 is 14.4 Å². The van der Waals surface area contributed by atoms with Crippen LogP contribution in [0.25, 0.3) is 0 Å². The van der Waals surface area contributed by atoms with Gasteiger partial charge in [0.05, 0.1) is 24.4 Å². The van der Waals surface area contributed by atoms with Crippen LogP contribution in [-0.2, 0) is 21.3 Å². The Morgan fingerprint density at radius 2 is 2.12 bits per heavy atom. The number of amides is 1. The van der Waals surface area contributed by atoms with Gasteiger partial charge in [-0.1, -0.05) is 0 Å². The lowest BCUT2D eigenvalue weighted by Gasteiger charge is -2.29. The van der Waals surface area contributed by atoms with Crippen LogP contribution in [-0.4, -0.2) is 52.6 Å². The van der Waals surface area contributed by atoms with E-state index in [-0.39, 0.29) is 18.1 Å². The molecule has 2 saturated heterocycles. The summed E-state index contributed by atoms with van der Waals surface area (Å²) in [6.07, 6.45) is 5.08. The Labute approximate surface area is 150 Å². The fourth-order valence-corrected chi connectivity index (χ4v) is 4.10. The summed E-state index contributed by atoms with van der Waals surface area (Å²) in [5.41, 5.74) is 3.37. The molecule has 0 saturated carbocycles. The van der Waals surface area contributed by atoms with Gasteiger partial charge in [0.1, 0.15) is 6.10 Å². The average molecular weight is 349 g/mol. The number of carbonyl (C=O) groups excluding carboxylic acids is 1. The van der Waals surface area contributed by atoms with E-state index in [4.69, 9.17) is 9.47 Å². The highest BCUT2D eigenvalue weighted by Crippen LogP contribution is 2.36. The van der Waals surface area contributed by atoms with Crippen molar-refractivity contribution >= 4 is 5.91 Å². The minimum absolute atomic E-state index is 0.0842. The number of aryl methyl sites for hydroxylation is 2. The summed E-state index contributed by atoms with van der Waals surface area (Å²) < 4.78 is 13.5. The van der Waals surface area contributed by atoms with Gasteiger partial charge in [0.15, 0.2) is 0 Å². The van der Waals surface area contributed by atoms with Gasteiger partial charge in [-0.3, -0.25) is 9.48 Å². The third-order valence-electron chi connectivity index (χ3n) is 5.59. The quantitative estimate of drug-likeness (QED) is 0.820. The molecule has 3 rings (SSSR count). The van der Waals surface area contributed by atoms with Crippen LogP contribution < -0.4 is 0 Å². The molecule has 6 heteroatoms. The summed E-state index contributed by atoms with van der Waals surface area (Å²) in [4.78, 5) is 15.0. The van der Waals surface area contributed by atoms with Gasteiger partial charge in [0.2, 0.25) is 0 Å². The van der Waals surface area contributed by atoms with Crippen LogP contribution in [0.1, 0.15) is 62.0 Å². The van der Waals surface area contributed by atoms with Crippen LogP contribution >= 0.6 is 0 Å². The lowest BCUT2D eigenvalue weighted by Crippen LogP contribution is -2.40. The molecule has 140 valence electrons. The van der Waals surface area contributed by atoms with E-state index < -0.39 is 6.10 Å². The number of aromatic nitrogens is 2. The van der Waals surface area contributed by atoms with Gasteiger partial charge >= 0.3 is 0 Å². The number of nitrogens with zero attached hydrogens (tertiary/aromatic N) is 3. The number of carbonyl (C=O) groups is 1. The molecule has 0 N–H and O–H groups in total. The van der Waals surface area contributed by atoms with Crippen molar-refractivity contribution in [1.29, 1.82) is 0 Å². The molecule has 2 aliphatic rings. The Hall–Kier alpha value is -1.40. The minimum Gasteiger partial charge on any atom is -0.376 e. The molecule has 25 heavy (non-hydrogen) atoms. The lowest BCUT2D eigenvalue weighted by atomic mass is 10.0. The molecule has 0 spiro atoms. The van der Waals surface area contributed by atoms with Gasteiger partial charge in [-0.2, -0.15) is 5.10 Å². The number of hydrogen-bond donors (Lipinski definition) is 0. The van der Waals surface area contributed by atoms with Crippen LogP contribution in [0.15, 0.2) is 0 Å². The van der Waals surface area contributed by atoms with E-state index in [1.54, 1.807) is 0 Å². The zero-order valence-corrected chi connectivity index (χ0v) is 16.0. The van der Waals surface area contributed by atoms with Gasteiger partial charge in [-0.15, -0.1) is 0 Å². The van der Waals surface area contributed by atoms with Crippen molar-refractivity contribution in [2.45, 2.75) is 71.1 Å². The first-order valence-corrected chi connectivity index (χ1v) is 9.52. The molecule has 0 radical (unpaired) electrons. The maximum absolute atomic E-state index is 13.0. The van der Waals surface area contributed by atoms with Gasteiger partial charge in [0, 0.05) is 31.5 Å². The Morgan fingerprint density at radius 1 is 1.32 bits per heavy atom. The van der Waals surface area contributed by atoms with Crippen LogP contribution in [0.3, 0.4) is 0 Å². The SMILES string of the molecule is Cc1nn(C)c(C)c1C1CCCN1C(=O)C(C)OCC1CCCCO1. The summed E-state index contributed by atoms with van der Waals surface area (Å²) in [6.45, 7) is 8.09. The molecule has 2 fully saturated rings. The van der Waals surface area contributed by atoms with Gasteiger partial charge in [0.25, 0.3) is 5.91 Å². The van der Waals surface area contributed by atoms with Crippen LogP contribution in [0.2, 0.25) is 0 Å². The third-order valence-corrected chi connectivity index (χ3v) is 5.59. The van der Waals surface area contributed by atoms with E-state index in [9.17, 15) is 4.79 Å². The summed E-state index contributed by atoms with van der Waals surface area (Å²) in [7, 11) is 1.96. The highest BCUT2D eigenvalue weighted by molar-refractivity contribution is 5.81. The van der Waals surface area contributed by atoms with E-state index in [1.807, 2.05) is 30.5 Å². The average Bonchev–Trinajstić information content (AvgIpc) is 3.17. The van der Waals surface area contributed by atoms with Crippen LogP contribution in [0.4, 0.5) is 0 Å². The molecule has 1 aromatic heterocycles. The second-order valence-electron chi connectivity index (χ2n) is 7.36. The predicted molar refractivity (Wildman–Crippen MR) is 95.4 cm³/mol. The van der Waals surface area contributed by atoms with E-state index in [1.165, 1.54) is 12.0 Å². The van der Waals surface area contributed by atoms with Crippen molar-refractivity contribution < 1.29 is 14.3 Å². The first kappa shape index (κ1) is 18.4. The number of likely N-dealkylation sites (tertiary alicyclic amines) is 1. The predicted octanol–water partition coefficient (Wildman–Crippen LogP) is 2.67. The number of ether oxygens (including phenoxy) is 2. The van der Waals surface area contributed by atoms with Crippen molar-refractivity contribution in [3.63, 3.8) is 0 Å². The Morgan fingerprint density at radius 3 is 2.76 bits per heavy atom. The summed E-state index contributed by atoms with van der Waals surface area (Å²) >= 11 is 0. The smallest absolute Gasteiger partial charge is 0.251 e. The fraction of sp³-hybridized carbons (Fsp3) is 0.789. The van der Waals surface area contributed by atoms with E-state index >= 15 is 0 Å². The molecule has 6 nitrogen and oxygen atoms in total. The minimum atomic E-state index is -0.427. The van der Waals surface area contributed by atoms with Crippen LogP contribution in [0.5, 0.6) is 0 Å². The Balaban J connectivity index is 1.63. The fourth-order valence-electron chi connectivity index (χ4n) is 4.10. The molecule has 1 aromatic rings. The third kappa shape index (κ3) is 3.90. The van der Waals surface area contributed by atoms with Crippen molar-refractivity contribution in [1.82, 2.24) is 14.7 Å². The molecular formula is C19H31N3O3. The Kier molecular flexibility index (Phi) is 5.79. The molecule has 0 aromatic carbocycles. The largest absolute Gasteiger partial charge is 0.376 e. The zero-order chi connectivity index (χ0) is 18.0. The van der Waals surface area contributed by atoms with Gasteiger partial charge in [-0.05, 0) is 52.9 Å². The number of rotatable bonds is 5. The summed E-state index contributed by atoms with van der Waals surface area (Å²) in [5, 5.41) is 4.52. The van der Waals surface area contributed by atoms with E-state index in [2.05, 4.69) is 12.0 Å². The van der Waals surface area contributed by atoms with E-state index in [0.717, 1.165) is 50.2 Å². The highest BCUT2D eigenvalue weighted by Gasteiger charge is 2.35. The standard InChI is InChI=1S/C19H31N3O3/c1-13-18(14(2)21(4)20-13)17-9-7-10-22(17)19(23)15(3)25-12-16-8-5-6-11-24-16/h15-17H,5-12H2,1-4H3. The monoisotopic (exact) mass is 349 g/mol. The molecule has 0 bridgehead atoms. The first-order valence-electron chi connectivity index (χ1n) is 9.52. The van der Waals surface area contributed by atoms with Crippen molar-refractivity contribution in [2.24, 2.45) is 7.05 Å². The summed E-state index contributed by atoms with van der Waals surface area (Å²) in [6, 6.07) is 0.123. The normalized spacial score (nSPS) is 25.4. The van der Waals surface area contributed by atoms with Crippen molar-refractivity contribution in [2.75, 3.05) is 19.8 Å². The first-order chi connectivity index (χ1) is 12.0. The highest BCUT2D eigenvalue weighted by atomic mass is 16.5. The molecule has 3 atom stereocenters. The number of hydrogen-bond acceptors (Lipinski definition) is 4. The molecule has 3 unspecified atom stereocenters. The zero-order valence-electron chi connectivity index (χ0n) is 16.0. The summed E-state index contributed by atoms with van der Waals surface area (Å²) in [5.74, 6) is 0.0842. The maximum Gasteiger partial charge on any atom is 0.251 e. The molecule has 0 aliphatic carbocycles. The Bertz CT molecular complexity index is 607. The maximum atomic E-state index is 13.0. The topological polar surface area (TPSA) is 56.6 Å². The molecule has 2 aliphatic heterocycles. The molecule has 1 amide bonds. The molecular weight excluding hydrogens is 318 g/mol.